The largest absolute Gasteiger partial charge is 0.366 e. The fourth-order valence-corrected chi connectivity index (χ4v) is 1.60. The number of nitrogens with zero attached hydrogens (tertiary/aromatic N) is 1. The van der Waals surface area contributed by atoms with Crippen molar-refractivity contribution in [2.75, 3.05) is 5.43 Å². The second-order valence-electron chi connectivity index (χ2n) is 4.16. The number of hydrogen-bond acceptors (Lipinski definition) is 6. The van der Waals surface area contributed by atoms with E-state index in [2.05, 4.69) is 28.0 Å². The Labute approximate surface area is 119 Å². The van der Waals surface area contributed by atoms with E-state index in [0.717, 1.165) is 0 Å². The molecule has 0 bridgehead atoms. The first-order valence-corrected chi connectivity index (χ1v) is 5.72. The Balaban J connectivity index is 2.33. The van der Waals surface area contributed by atoms with Crippen molar-refractivity contribution in [2.24, 2.45) is 16.6 Å². The predicted molar refractivity (Wildman–Crippen MR) is 75.0 cm³/mol. The van der Waals surface area contributed by atoms with Gasteiger partial charge in [0.2, 0.25) is 11.8 Å². The number of carbonyl (C=O) groups is 3. The topological polar surface area (TPSA) is 152 Å². The Morgan fingerprint density at radius 2 is 1.67 bits per heavy atom. The van der Waals surface area contributed by atoms with Gasteiger partial charge in [-0.3, -0.25) is 30.7 Å². The van der Waals surface area contributed by atoms with Crippen molar-refractivity contribution in [3.8, 4) is 0 Å². The van der Waals surface area contributed by atoms with Crippen molar-refractivity contribution in [3.63, 3.8) is 0 Å². The lowest BCUT2D eigenvalue weighted by atomic mass is 10.1. The van der Waals surface area contributed by atoms with Crippen LogP contribution in [0, 0.1) is 0 Å². The molecule has 0 aromatic heterocycles. The third-order valence-corrected chi connectivity index (χ3v) is 2.63. The number of anilines is 1. The molecule has 7 N–H and O–H groups in total. The van der Waals surface area contributed by atoms with E-state index in [4.69, 9.17) is 11.5 Å². The molecule has 1 heterocycles. The first kappa shape index (κ1) is 14.1. The normalized spacial score (nSPS) is 15.5. The minimum atomic E-state index is -0.724. The second-order valence-corrected chi connectivity index (χ2v) is 4.16. The number of hydrazone groups is 1. The highest BCUT2D eigenvalue weighted by Crippen LogP contribution is 2.15. The number of benzene rings is 1. The summed E-state index contributed by atoms with van der Waals surface area (Å²) >= 11 is 0. The van der Waals surface area contributed by atoms with E-state index >= 15 is 0 Å². The maximum Gasteiger partial charge on any atom is 0.292 e. The summed E-state index contributed by atoms with van der Waals surface area (Å²) in [6.07, 6.45) is 0. The number of hydrazine groups is 1. The van der Waals surface area contributed by atoms with Gasteiger partial charge < -0.3 is 11.5 Å². The maximum atomic E-state index is 11.4. The summed E-state index contributed by atoms with van der Waals surface area (Å²) < 4.78 is 0. The van der Waals surface area contributed by atoms with Crippen LogP contribution in [0.5, 0.6) is 0 Å². The summed E-state index contributed by atoms with van der Waals surface area (Å²) in [5.74, 6) is -1.91. The molecule has 0 saturated carbocycles. The van der Waals surface area contributed by atoms with Gasteiger partial charge in [0.25, 0.3) is 5.91 Å². The lowest BCUT2D eigenvalue weighted by molar-refractivity contribution is -0.114. The molecule has 3 amide bonds. The molecule has 21 heavy (non-hydrogen) atoms. The molecule has 0 atom stereocenters. The SMILES string of the molecule is C=C1NNC(=O)C1=NNc1cc(C(N)=O)cc(C(N)=O)c1. The molecular weight excluding hydrogens is 276 g/mol. The molecule has 0 aliphatic carbocycles. The Morgan fingerprint density at radius 3 is 2.10 bits per heavy atom. The van der Waals surface area contributed by atoms with Gasteiger partial charge in [0.15, 0.2) is 5.71 Å². The molecule has 1 aliphatic heterocycles. The maximum absolute atomic E-state index is 11.4. The van der Waals surface area contributed by atoms with Gasteiger partial charge in [0.05, 0.1) is 11.4 Å². The lowest BCUT2D eigenvalue weighted by Gasteiger charge is -2.06. The number of amides is 3. The van der Waals surface area contributed by atoms with Gasteiger partial charge in [-0.1, -0.05) is 6.58 Å². The average molecular weight is 288 g/mol. The van der Waals surface area contributed by atoms with Crippen LogP contribution in [-0.2, 0) is 4.79 Å². The Hall–Kier alpha value is -3.36. The van der Waals surface area contributed by atoms with E-state index < -0.39 is 17.7 Å². The van der Waals surface area contributed by atoms with Crippen molar-refractivity contribution in [2.45, 2.75) is 0 Å². The van der Waals surface area contributed by atoms with E-state index in [9.17, 15) is 14.4 Å². The molecule has 1 fully saturated rings. The second kappa shape index (κ2) is 5.33. The van der Waals surface area contributed by atoms with Crippen molar-refractivity contribution in [3.05, 3.63) is 41.6 Å². The number of rotatable bonds is 4. The van der Waals surface area contributed by atoms with Crippen LogP contribution >= 0.6 is 0 Å². The van der Waals surface area contributed by atoms with Crippen LogP contribution in [0.2, 0.25) is 0 Å². The molecule has 9 heteroatoms. The van der Waals surface area contributed by atoms with Crippen molar-refractivity contribution < 1.29 is 14.4 Å². The summed E-state index contributed by atoms with van der Waals surface area (Å²) in [6, 6.07) is 4.02. The van der Waals surface area contributed by atoms with Gasteiger partial charge in [-0.2, -0.15) is 5.10 Å². The standard InChI is InChI=1S/C12H12N6O3/c1-5-9(12(21)18-15-5)17-16-8-3-6(10(13)19)2-7(4-8)11(14)20/h2-4,15-16H,1H2,(H2,13,19)(H2,14,20)(H,18,21). The summed E-state index contributed by atoms with van der Waals surface area (Å²) in [5, 5.41) is 3.84. The number of primary amides is 2. The van der Waals surface area contributed by atoms with Crippen molar-refractivity contribution in [1.82, 2.24) is 10.9 Å². The quantitative estimate of drug-likeness (QED) is 0.441. The molecular formula is C12H12N6O3. The van der Waals surface area contributed by atoms with Crippen LogP contribution in [0.1, 0.15) is 20.7 Å². The number of nitrogens with one attached hydrogen (secondary N) is 3. The van der Waals surface area contributed by atoms with Crippen LogP contribution in [-0.4, -0.2) is 23.4 Å². The van der Waals surface area contributed by atoms with E-state index in [1.807, 2.05) is 0 Å². The zero-order valence-corrected chi connectivity index (χ0v) is 10.8. The summed E-state index contributed by atoms with van der Waals surface area (Å²) in [4.78, 5) is 33.8. The Kier molecular flexibility index (Phi) is 3.57. The molecule has 0 unspecified atom stereocenters. The highest BCUT2D eigenvalue weighted by atomic mass is 16.2. The first-order valence-electron chi connectivity index (χ1n) is 5.72. The minimum Gasteiger partial charge on any atom is -0.366 e. The van der Waals surface area contributed by atoms with E-state index in [1.165, 1.54) is 18.2 Å². The van der Waals surface area contributed by atoms with Crippen LogP contribution in [0.4, 0.5) is 5.69 Å². The number of carbonyl (C=O) groups excluding carboxylic acids is 3. The van der Waals surface area contributed by atoms with E-state index in [0.29, 0.717) is 0 Å². The van der Waals surface area contributed by atoms with E-state index in [1.54, 1.807) is 0 Å². The molecule has 2 rings (SSSR count). The van der Waals surface area contributed by atoms with Crippen LogP contribution in [0.25, 0.3) is 0 Å². The van der Waals surface area contributed by atoms with Gasteiger partial charge >= 0.3 is 0 Å². The fourth-order valence-electron chi connectivity index (χ4n) is 1.60. The molecule has 0 spiro atoms. The Morgan fingerprint density at radius 1 is 1.10 bits per heavy atom. The number of nitrogens with two attached hydrogens (primary N) is 2. The summed E-state index contributed by atoms with van der Waals surface area (Å²) in [7, 11) is 0. The monoisotopic (exact) mass is 288 g/mol. The third kappa shape index (κ3) is 2.97. The fraction of sp³-hybridized carbons (Fsp3) is 0. The van der Waals surface area contributed by atoms with Crippen LogP contribution < -0.4 is 27.7 Å². The zero-order chi connectivity index (χ0) is 15.6. The van der Waals surface area contributed by atoms with Crippen molar-refractivity contribution in [1.29, 1.82) is 0 Å². The summed E-state index contributed by atoms with van der Waals surface area (Å²) in [5.41, 5.74) is 18.5. The lowest BCUT2D eigenvalue weighted by Crippen LogP contribution is -2.26. The highest BCUT2D eigenvalue weighted by molar-refractivity contribution is 6.46. The van der Waals surface area contributed by atoms with Crippen LogP contribution in [0.3, 0.4) is 0 Å². The van der Waals surface area contributed by atoms with Gasteiger partial charge in [-0.15, -0.1) is 0 Å². The molecule has 1 aromatic rings. The smallest absolute Gasteiger partial charge is 0.292 e. The van der Waals surface area contributed by atoms with Gasteiger partial charge in [0, 0.05) is 11.1 Å². The first-order chi connectivity index (χ1) is 9.88. The third-order valence-electron chi connectivity index (χ3n) is 2.63. The summed E-state index contributed by atoms with van der Waals surface area (Å²) in [6.45, 7) is 3.58. The zero-order valence-electron chi connectivity index (χ0n) is 10.8. The highest BCUT2D eigenvalue weighted by Gasteiger charge is 2.22. The van der Waals surface area contributed by atoms with Crippen LogP contribution in [0.15, 0.2) is 35.6 Å². The van der Waals surface area contributed by atoms with Gasteiger partial charge in [0.1, 0.15) is 0 Å². The van der Waals surface area contributed by atoms with Crippen molar-refractivity contribution >= 4 is 29.1 Å². The molecule has 1 aliphatic rings. The van der Waals surface area contributed by atoms with Gasteiger partial charge in [-0.25, -0.2) is 0 Å². The minimum absolute atomic E-state index is 0.0418. The molecule has 9 nitrogen and oxygen atoms in total. The molecule has 108 valence electrons. The Bertz CT molecular complexity index is 644. The molecule has 1 aromatic carbocycles. The molecule has 0 radical (unpaired) electrons. The predicted octanol–water partition coefficient (Wildman–Crippen LogP) is -1.20. The van der Waals surface area contributed by atoms with Gasteiger partial charge in [-0.05, 0) is 18.2 Å². The van der Waals surface area contributed by atoms with E-state index in [-0.39, 0.29) is 28.2 Å². The molecule has 1 saturated heterocycles. The average Bonchev–Trinajstić information content (AvgIpc) is 2.75. The number of hydrogen-bond donors (Lipinski definition) is 5.